The van der Waals surface area contributed by atoms with Gasteiger partial charge in [0.05, 0.1) is 12.6 Å². The molecule has 4 nitrogen and oxygen atoms in total. The van der Waals surface area contributed by atoms with E-state index in [0.29, 0.717) is 6.04 Å². The molecule has 0 spiro atoms. The number of benzene rings is 2. The molecule has 1 atom stereocenters. The first-order chi connectivity index (χ1) is 11.7. The first-order valence-corrected chi connectivity index (χ1v) is 8.40. The quantitative estimate of drug-likeness (QED) is 0.716. The number of ether oxygens (including phenoxy) is 1. The van der Waals surface area contributed by atoms with E-state index in [1.54, 1.807) is 13.4 Å². The van der Waals surface area contributed by atoms with E-state index < -0.39 is 0 Å². The maximum absolute atomic E-state index is 5.57. The monoisotopic (exact) mass is 319 g/mol. The van der Waals surface area contributed by atoms with Gasteiger partial charge in [0.1, 0.15) is 17.9 Å². The molecule has 0 saturated carbocycles. The average Bonchev–Trinajstić information content (AvgIpc) is 2.64. The minimum atomic E-state index is 0.379. The Kier molecular flexibility index (Phi) is 3.60. The van der Waals surface area contributed by atoms with Crippen LogP contribution in [0.4, 0.5) is 11.5 Å². The molecule has 1 aliphatic heterocycles. The van der Waals surface area contributed by atoms with Gasteiger partial charge in [0.2, 0.25) is 0 Å². The number of para-hydroxylation sites is 1. The summed E-state index contributed by atoms with van der Waals surface area (Å²) in [6.07, 6.45) is 3.69. The van der Waals surface area contributed by atoms with Gasteiger partial charge >= 0.3 is 0 Å². The molecule has 122 valence electrons. The van der Waals surface area contributed by atoms with Crippen molar-refractivity contribution in [2.24, 2.45) is 0 Å². The molecular formula is C20H21N3O. The summed E-state index contributed by atoms with van der Waals surface area (Å²) in [7, 11) is 1.72. The van der Waals surface area contributed by atoms with Crippen LogP contribution in [0.2, 0.25) is 0 Å². The molecule has 0 aliphatic carbocycles. The number of rotatable bonds is 3. The molecule has 2 aromatic carbocycles. The number of methoxy groups -OCH3 is 1. The smallest absolute Gasteiger partial charge is 0.144 e. The Morgan fingerprint density at radius 2 is 2.00 bits per heavy atom. The molecule has 0 fully saturated rings. The van der Waals surface area contributed by atoms with E-state index in [1.807, 2.05) is 12.1 Å². The number of nitrogens with zero attached hydrogens (tertiary/aromatic N) is 3. The maximum atomic E-state index is 5.57. The Morgan fingerprint density at radius 3 is 2.71 bits per heavy atom. The molecule has 1 aliphatic rings. The third-order valence-electron chi connectivity index (χ3n) is 5.01. The van der Waals surface area contributed by atoms with Crippen LogP contribution in [-0.4, -0.2) is 23.1 Å². The normalized spacial score (nSPS) is 16.5. The van der Waals surface area contributed by atoms with Gasteiger partial charge in [-0.15, -0.1) is 0 Å². The predicted molar refractivity (Wildman–Crippen MR) is 97.2 cm³/mol. The molecule has 24 heavy (non-hydrogen) atoms. The fraction of sp³-hybridized carbons (Fsp3) is 0.300. The zero-order valence-electron chi connectivity index (χ0n) is 14.3. The van der Waals surface area contributed by atoms with E-state index >= 15 is 0 Å². The fourth-order valence-electron chi connectivity index (χ4n) is 3.76. The van der Waals surface area contributed by atoms with Gasteiger partial charge in [0.25, 0.3) is 0 Å². The molecule has 4 rings (SSSR count). The molecular weight excluding hydrogens is 298 g/mol. The lowest BCUT2D eigenvalue weighted by molar-refractivity contribution is 0.411. The first kappa shape index (κ1) is 14.9. The van der Waals surface area contributed by atoms with Crippen LogP contribution in [0, 0.1) is 6.92 Å². The van der Waals surface area contributed by atoms with Gasteiger partial charge in [-0.25, -0.2) is 9.97 Å². The maximum Gasteiger partial charge on any atom is 0.144 e. The van der Waals surface area contributed by atoms with E-state index in [-0.39, 0.29) is 0 Å². The van der Waals surface area contributed by atoms with Gasteiger partial charge in [0, 0.05) is 23.2 Å². The lowest BCUT2D eigenvalue weighted by Gasteiger charge is -2.38. The van der Waals surface area contributed by atoms with Crippen LogP contribution in [0.15, 0.2) is 42.7 Å². The van der Waals surface area contributed by atoms with Crippen LogP contribution in [0.5, 0.6) is 5.75 Å². The van der Waals surface area contributed by atoms with Gasteiger partial charge in [-0.1, -0.05) is 25.1 Å². The zero-order valence-corrected chi connectivity index (χ0v) is 14.3. The molecule has 3 aromatic rings. The van der Waals surface area contributed by atoms with Crippen LogP contribution in [0.25, 0.3) is 10.9 Å². The minimum absolute atomic E-state index is 0.379. The number of aromatic nitrogens is 2. The van der Waals surface area contributed by atoms with E-state index in [1.165, 1.54) is 16.8 Å². The van der Waals surface area contributed by atoms with Gasteiger partial charge in [-0.2, -0.15) is 0 Å². The highest BCUT2D eigenvalue weighted by Crippen LogP contribution is 2.42. The second kappa shape index (κ2) is 5.78. The molecule has 0 bridgehead atoms. The highest BCUT2D eigenvalue weighted by Gasteiger charge is 2.31. The third kappa shape index (κ3) is 2.13. The van der Waals surface area contributed by atoms with E-state index in [0.717, 1.165) is 35.3 Å². The largest absolute Gasteiger partial charge is 0.496 e. The molecule has 4 heteroatoms. The van der Waals surface area contributed by atoms with Crippen LogP contribution in [-0.2, 0) is 6.42 Å². The number of hydrogen-bond donors (Lipinski definition) is 0. The summed E-state index contributed by atoms with van der Waals surface area (Å²) in [6.45, 7) is 4.37. The topological polar surface area (TPSA) is 38.3 Å². The summed E-state index contributed by atoms with van der Waals surface area (Å²) in [5, 5.41) is 1.16. The lowest BCUT2D eigenvalue weighted by Crippen LogP contribution is -2.36. The van der Waals surface area contributed by atoms with Gasteiger partial charge in [-0.05, 0) is 43.0 Å². The van der Waals surface area contributed by atoms with Crippen LogP contribution in [0.1, 0.15) is 24.5 Å². The highest BCUT2D eigenvalue weighted by molar-refractivity contribution is 5.97. The predicted octanol–water partition coefficient (Wildman–Crippen LogP) is 4.42. The second-order valence-electron chi connectivity index (χ2n) is 6.25. The first-order valence-electron chi connectivity index (χ1n) is 8.40. The molecule has 0 radical (unpaired) electrons. The third-order valence-corrected chi connectivity index (χ3v) is 5.01. The van der Waals surface area contributed by atoms with Crippen molar-refractivity contribution in [3.05, 3.63) is 53.9 Å². The van der Waals surface area contributed by atoms with Crippen molar-refractivity contribution in [1.29, 1.82) is 0 Å². The lowest BCUT2D eigenvalue weighted by atomic mass is 9.90. The Balaban J connectivity index is 2.03. The van der Waals surface area contributed by atoms with Crippen LogP contribution >= 0.6 is 0 Å². The fourth-order valence-corrected chi connectivity index (χ4v) is 3.76. The average molecular weight is 319 g/mol. The molecule has 2 heterocycles. The second-order valence-corrected chi connectivity index (χ2v) is 6.25. The van der Waals surface area contributed by atoms with Gasteiger partial charge in [0.15, 0.2) is 0 Å². The van der Waals surface area contributed by atoms with Crippen molar-refractivity contribution >= 4 is 22.4 Å². The summed E-state index contributed by atoms with van der Waals surface area (Å²) in [6, 6.07) is 12.9. The van der Waals surface area contributed by atoms with E-state index in [4.69, 9.17) is 4.74 Å². The summed E-state index contributed by atoms with van der Waals surface area (Å²) in [4.78, 5) is 11.5. The van der Waals surface area contributed by atoms with Gasteiger partial charge < -0.3 is 9.64 Å². The molecule has 0 N–H and O–H groups in total. The summed E-state index contributed by atoms with van der Waals surface area (Å²) in [5.41, 5.74) is 4.66. The molecule has 1 unspecified atom stereocenters. The van der Waals surface area contributed by atoms with Gasteiger partial charge in [-0.3, -0.25) is 0 Å². The van der Waals surface area contributed by atoms with Crippen molar-refractivity contribution in [2.45, 2.75) is 32.7 Å². The Hall–Kier alpha value is -2.62. The number of anilines is 2. The van der Waals surface area contributed by atoms with Crippen molar-refractivity contribution in [3.63, 3.8) is 0 Å². The van der Waals surface area contributed by atoms with Crippen molar-refractivity contribution < 1.29 is 4.74 Å². The van der Waals surface area contributed by atoms with Crippen molar-refractivity contribution in [2.75, 3.05) is 12.0 Å². The summed E-state index contributed by atoms with van der Waals surface area (Å²) >= 11 is 0. The molecule has 1 aromatic heterocycles. The summed E-state index contributed by atoms with van der Waals surface area (Å²) < 4.78 is 5.57. The van der Waals surface area contributed by atoms with Crippen LogP contribution in [0.3, 0.4) is 0 Å². The highest BCUT2D eigenvalue weighted by atomic mass is 16.5. The zero-order chi connectivity index (χ0) is 16.7. The van der Waals surface area contributed by atoms with Crippen molar-refractivity contribution in [1.82, 2.24) is 9.97 Å². The molecule has 0 saturated heterocycles. The van der Waals surface area contributed by atoms with E-state index in [2.05, 4.69) is 53.0 Å². The molecule has 0 amide bonds. The SMILES string of the molecule is CCC1Cc2c(C)c(OC)cc3ncnc(c23)N1c1ccccc1. The Labute approximate surface area is 142 Å². The van der Waals surface area contributed by atoms with Crippen LogP contribution < -0.4 is 9.64 Å². The Bertz CT molecular complexity index is 892. The van der Waals surface area contributed by atoms with Crippen molar-refractivity contribution in [3.8, 4) is 5.75 Å². The van der Waals surface area contributed by atoms with E-state index in [9.17, 15) is 0 Å². The minimum Gasteiger partial charge on any atom is -0.496 e. The standard InChI is InChI=1S/C20H21N3O/c1-4-14-10-16-13(2)18(24-3)11-17-19(16)20(22-12-21-17)23(14)15-8-6-5-7-9-15/h5-9,11-12,14H,4,10H2,1-3H3. The number of hydrogen-bond acceptors (Lipinski definition) is 4. The summed E-state index contributed by atoms with van der Waals surface area (Å²) in [5.74, 6) is 1.91. The Morgan fingerprint density at radius 1 is 1.21 bits per heavy atom.